The van der Waals surface area contributed by atoms with E-state index in [2.05, 4.69) is 37.1 Å². The van der Waals surface area contributed by atoms with Crippen LogP contribution in [-0.4, -0.2) is 34.6 Å². The minimum absolute atomic E-state index is 0.267. The highest BCUT2D eigenvalue weighted by Gasteiger charge is 2.08. The third-order valence-electron chi connectivity index (χ3n) is 4.97. The van der Waals surface area contributed by atoms with Crippen molar-refractivity contribution in [2.45, 2.75) is 4.90 Å². The summed E-state index contributed by atoms with van der Waals surface area (Å²) in [4.78, 5) is 16.6. The van der Waals surface area contributed by atoms with E-state index in [1.54, 1.807) is 42.9 Å². The van der Waals surface area contributed by atoms with Crippen LogP contribution in [0.3, 0.4) is 0 Å². The van der Waals surface area contributed by atoms with Gasteiger partial charge >= 0.3 is 0 Å². The highest BCUT2D eigenvalue weighted by atomic mass is 32.2. The molecule has 0 bridgehead atoms. The summed E-state index contributed by atoms with van der Waals surface area (Å²) in [6, 6.07) is 14.2. The molecule has 4 heterocycles. The van der Waals surface area contributed by atoms with E-state index in [9.17, 15) is 8.42 Å². The summed E-state index contributed by atoms with van der Waals surface area (Å²) in [7, 11) is -3.24. The van der Waals surface area contributed by atoms with Crippen LogP contribution in [0.4, 0.5) is 11.5 Å². The number of H-pyrrole nitrogens is 1. The maximum absolute atomic E-state index is 11.6. The number of nitrogens with zero attached hydrogens (tertiary/aromatic N) is 3. The summed E-state index contributed by atoms with van der Waals surface area (Å²) in [5.41, 5.74) is 3.01. The third kappa shape index (κ3) is 3.89. The minimum atomic E-state index is -3.24. The van der Waals surface area contributed by atoms with E-state index in [0.717, 1.165) is 33.1 Å². The lowest BCUT2D eigenvalue weighted by atomic mass is 10.1. The molecule has 0 unspecified atom stereocenters. The first kappa shape index (κ1) is 19.7. The van der Waals surface area contributed by atoms with Crippen LogP contribution in [-0.2, 0) is 9.84 Å². The minimum Gasteiger partial charge on any atom is -0.345 e. The normalized spacial score (nSPS) is 11.3. The standard InChI is InChI=1S/C24H17N5O2S/c1-32(30,31)19-7-5-18(6-8-19)29-23-13-21-17(14-27-23)10-12-25-22(21)9-4-16-15-28-24-20(16)3-2-11-26-24/h2-3,5-8,10-15H,1H3,(H,26,28)(H,27,29). The fourth-order valence-electron chi connectivity index (χ4n) is 3.35. The molecule has 2 N–H and O–H groups in total. The number of aromatic amines is 1. The fraction of sp³-hybridized carbons (Fsp3) is 0.0417. The number of aromatic nitrogens is 4. The Balaban J connectivity index is 1.49. The van der Waals surface area contributed by atoms with E-state index < -0.39 is 9.84 Å². The quantitative estimate of drug-likeness (QED) is 0.411. The van der Waals surface area contributed by atoms with Gasteiger partial charge in [-0.05, 0) is 54.5 Å². The summed E-state index contributed by atoms with van der Waals surface area (Å²) < 4.78 is 23.3. The number of benzene rings is 1. The second kappa shape index (κ2) is 7.80. The van der Waals surface area contributed by atoms with Crippen LogP contribution in [0.25, 0.3) is 21.8 Å². The van der Waals surface area contributed by atoms with E-state index in [-0.39, 0.29) is 4.90 Å². The number of hydrogen-bond acceptors (Lipinski definition) is 6. The zero-order chi connectivity index (χ0) is 22.1. The lowest BCUT2D eigenvalue weighted by molar-refractivity contribution is 0.602. The second-order valence-electron chi connectivity index (χ2n) is 7.22. The van der Waals surface area contributed by atoms with Crippen LogP contribution < -0.4 is 5.32 Å². The average Bonchev–Trinajstić information content (AvgIpc) is 3.20. The van der Waals surface area contributed by atoms with Crippen molar-refractivity contribution in [2.75, 3.05) is 11.6 Å². The van der Waals surface area contributed by atoms with Crippen molar-refractivity contribution < 1.29 is 8.42 Å². The van der Waals surface area contributed by atoms with Gasteiger partial charge in [-0.15, -0.1) is 0 Å². The van der Waals surface area contributed by atoms with E-state index >= 15 is 0 Å². The van der Waals surface area contributed by atoms with Gasteiger partial charge in [0.1, 0.15) is 17.2 Å². The van der Waals surface area contributed by atoms with Gasteiger partial charge in [-0.3, -0.25) is 0 Å². The highest BCUT2D eigenvalue weighted by molar-refractivity contribution is 7.90. The molecule has 7 nitrogen and oxygen atoms in total. The average molecular weight is 440 g/mol. The Hall–Kier alpha value is -4.22. The molecule has 32 heavy (non-hydrogen) atoms. The molecule has 5 aromatic rings. The summed E-state index contributed by atoms with van der Waals surface area (Å²) in [6.45, 7) is 0. The number of hydrogen-bond donors (Lipinski definition) is 2. The molecule has 0 aliphatic rings. The Kier molecular flexibility index (Phi) is 4.81. The molecule has 1 aromatic carbocycles. The largest absolute Gasteiger partial charge is 0.345 e. The van der Waals surface area contributed by atoms with Gasteiger partial charge < -0.3 is 10.3 Å². The van der Waals surface area contributed by atoms with E-state index in [4.69, 9.17) is 0 Å². The first-order chi connectivity index (χ1) is 15.5. The number of fused-ring (bicyclic) bond motifs is 2. The first-order valence-corrected chi connectivity index (χ1v) is 11.6. The fourth-order valence-corrected chi connectivity index (χ4v) is 3.98. The molecular weight excluding hydrogens is 422 g/mol. The summed E-state index contributed by atoms with van der Waals surface area (Å²) in [6.07, 6.45) is 8.22. The Bertz CT molecular complexity index is 1630. The molecule has 0 atom stereocenters. The topological polar surface area (TPSA) is 101 Å². The second-order valence-corrected chi connectivity index (χ2v) is 9.24. The molecule has 4 aromatic heterocycles. The van der Waals surface area contributed by atoms with Crippen LogP contribution in [0.5, 0.6) is 0 Å². The van der Waals surface area contributed by atoms with Gasteiger partial charge in [0.25, 0.3) is 0 Å². The zero-order valence-corrected chi connectivity index (χ0v) is 17.8. The molecule has 0 fully saturated rings. The van der Waals surface area contributed by atoms with Crippen molar-refractivity contribution in [3.05, 3.63) is 84.6 Å². The summed E-state index contributed by atoms with van der Waals surface area (Å²) in [5, 5.41) is 5.94. The zero-order valence-electron chi connectivity index (χ0n) is 17.0. The number of pyridine rings is 3. The maximum Gasteiger partial charge on any atom is 0.175 e. The van der Waals surface area contributed by atoms with Gasteiger partial charge in [0.05, 0.1) is 10.5 Å². The predicted octanol–water partition coefficient (Wildman–Crippen LogP) is 4.05. The van der Waals surface area contributed by atoms with Gasteiger partial charge in [-0.2, -0.15) is 0 Å². The molecule has 0 amide bonds. The Labute approximate surface area is 184 Å². The molecule has 8 heteroatoms. The Morgan fingerprint density at radius 2 is 1.78 bits per heavy atom. The third-order valence-corrected chi connectivity index (χ3v) is 6.10. The predicted molar refractivity (Wildman–Crippen MR) is 124 cm³/mol. The van der Waals surface area contributed by atoms with Crippen LogP contribution >= 0.6 is 0 Å². The van der Waals surface area contributed by atoms with Crippen LogP contribution in [0.15, 0.2) is 78.2 Å². The number of anilines is 2. The molecule has 0 saturated heterocycles. The Morgan fingerprint density at radius 1 is 0.938 bits per heavy atom. The summed E-state index contributed by atoms with van der Waals surface area (Å²) >= 11 is 0. The van der Waals surface area contributed by atoms with Gasteiger partial charge in [-0.25, -0.2) is 23.4 Å². The number of sulfone groups is 1. The van der Waals surface area contributed by atoms with Gasteiger partial charge in [0, 0.05) is 52.9 Å². The first-order valence-electron chi connectivity index (χ1n) is 9.73. The monoisotopic (exact) mass is 439 g/mol. The SMILES string of the molecule is CS(=O)(=O)c1ccc(Nc2cc3c(C#Cc4c[nH]c5ncccc45)nccc3cn2)cc1. The molecule has 5 rings (SSSR count). The molecule has 0 spiro atoms. The van der Waals surface area contributed by atoms with Gasteiger partial charge in [0.2, 0.25) is 0 Å². The molecule has 156 valence electrons. The number of rotatable bonds is 3. The van der Waals surface area contributed by atoms with Gasteiger partial charge in [0.15, 0.2) is 9.84 Å². The maximum atomic E-state index is 11.6. The van der Waals surface area contributed by atoms with Crippen molar-refractivity contribution in [3.63, 3.8) is 0 Å². The van der Waals surface area contributed by atoms with E-state index in [1.165, 1.54) is 6.26 Å². The smallest absolute Gasteiger partial charge is 0.175 e. The Morgan fingerprint density at radius 3 is 2.59 bits per heavy atom. The molecular formula is C24H17N5O2S. The highest BCUT2D eigenvalue weighted by Crippen LogP contribution is 2.23. The van der Waals surface area contributed by atoms with Crippen LogP contribution in [0.2, 0.25) is 0 Å². The lowest BCUT2D eigenvalue weighted by Gasteiger charge is -2.08. The molecule has 0 aliphatic carbocycles. The molecule has 0 saturated carbocycles. The van der Waals surface area contributed by atoms with Crippen LogP contribution in [0.1, 0.15) is 11.3 Å². The van der Waals surface area contributed by atoms with Crippen molar-refractivity contribution in [1.29, 1.82) is 0 Å². The van der Waals surface area contributed by atoms with Crippen molar-refractivity contribution >= 4 is 43.1 Å². The lowest BCUT2D eigenvalue weighted by Crippen LogP contribution is -1.98. The van der Waals surface area contributed by atoms with Crippen LogP contribution in [0, 0.1) is 11.8 Å². The van der Waals surface area contributed by atoms with Crippen molar-refractivity contribution in [3.8, 4) is 11.8 Å². The molecule has 0 aliphatic heterocycles. The van der Waals surface area contributed by atoms with Gasteiger partial charge in [-0.1, -0.05) is 5.92 Å². The van der Waals surface area contributed by atoms with Crippen molar-refractivity contribution in [1.82, 2.24) is 19.9 Å². The number of nitrogens with one attached hydrogen (secondary N) is 2. The summed E-state index contributed by atoms with van der Waals surface area (Å²) in [5.74, 6) is 6.96. The van der Waals surface area contributed by atoms with E-state index in [1.807, 2.05) is 30.5 Å². The van der Waals surface area contributed by atoms with Crippen molar-refractivity contribution in [2.24, 2.45) is 0 Å². The van der Waals surface area contributed by atoms with E-state index in [0.29, 0.717) is 11.5 Å². The molecule has 0 radical (unpaired) electrons.